The number of nitrogens with zero attached hydrogens (tertiary/aromatic N) is 6. The first-order chi connectivity index (χ1) is 20.2. The van der Waals surface area contributed by atoms with Crippen LogP contribution in [0.4, 0.5) is 23.0 Å². The van der Waals surface area contributed by atoms with Crippen molar-refractivity contribution in [2.45, 2.75) is 56.8 Å². The lowest BCUT2D eigenvalue weighted by atomic mass is 9.83. The number of rotatable bonds is 8. The Labute approximate surface area is 243 Å². The van der Waals surface area contributed by atoms with Crippen molar-refractivity contribution >= 4 is 23.0 Å². The van der Waals surface area contributed by atoms with E-state index in [1.54, 1.807) is 13.4 Å². The number of likely N-dealkylation sites (N-methyl/N-ethyl adjacent to an activating group) is 1. The van der Waals surface area contributed by atoms with Gasteiger partial charge in [0.2, 0.25) is 0 Å². The van der Waals surface area contributed by atoms with E-state index in [9.17, 15) is 0 Å². The van der Waals surface area contributed by atoms with Crippen LogP contribution in [0.5, 0.6) is 5.75 Å². The number of anilines is 4. The van der Waals surface area contributed by atoms with E-state index in [2.05, 4.69) is 79.4 Å². The second-order valence-electron chi connectivity index (χ2n) is 11.7. The molecule has 0 saturated carbocycles. The van der Waals surface area contributed by atoms with E-state index in [1.807, 2.05) is 17.2 Å². The van der Waals surface area contributed by atoms with Crippen molar-refractivity contribution in [2.24, 2.45) is 0 Å². The van der Waals surface area contributed by atoms with Gasteiger partial charge in [0.1, 0.15) is 17.9 Å². The molecule has 5 fully saturated rings. The number of aromatic nitrogens is 2. The highest BCUT2D eigenvalue weighted by Crippen LogP contribution is 2.39. The molecule has 1 N–H and O–H groups in total. The van der Waals surface area contributed by atoms with Gasteiger partial charge < -0.3 is 19.9 Å². The van der Waals surface area contributed by atoms with Gasteiger partial charge in [0.15, 0.2) is 5.82 Å². The summed E-state index contributed by atoms with van der Waals surface area (Å²) in [5.74, 6) is 2.24. The van der Waals surface area contributed by atoms with Gasteiger partial charge in [0.25, 0.3) is 0 Å². The zero-order chi connectivity index (χ0) is 27.8. The first-order valence-corrected chi connectivity index (χ1v) is 15.2. The molecule has 8 rings (SSSR count). The van der Waals surface area contributed by atoms with E-state index in [-0.39, 0.29) is 6.04 Å². The van der Waals surface area contributed by atoms with Crippen LogP contribution in [0, 0.1) is 0 Å². The zero-order valence-electron chi connectivity index (χ0n) is 24.2. The van der Waals surface area contributed by atoms with Gasteiger partial charge in [-0.25, -0.2) is 15.0 Å². The Morgan fingerprint density at radius 3 is 2.51 bits per heavy atom. The van der Waals surface area contributed by atoms with Crippen LogP contribution < -0.4 is 20.0 Å². The zero-order valence-corrected chi connectivity index (χ0v) is 24.2. The van der Waals surface area contributed by atoms with Gasteiger partial charge in [-0.1, -0.05) is 37.3 Å². The smallest absolute Gasteiger partial charge is 0.158 e. The topological polar surface area (TPSA) is 69.2 Å². The largest absolute Gasteiger partial charge is 0.494 e. The van der Waals surface area contributed by atoms with E-state index in [4.69, 9.17) is 9.57 Å². The van der Waals surface area contributed by atoms with Crippen molar-refractivity contribution in [3.05, 3.63) is 66.5 Å². The average molecular weight is 556 g/mol. The van der Waals surface area contributed by atoms with Crippen molar-refractivity contribution in [3.8, 4) is 5.75 Å². The molecule has 216 valence electrons. The summed E-state index contributed by atoms with van der Waals surface area (Å²) in [6.45, 7) is 8.82. The second-order valence-corrected chi connectivity index (χ2v) is 11.7. The molecule has 2 unspecified atom stereocenters. The van der Waals surface area contributed by atoms with Gasteiger partial charge >= 0.3 is 0 Å². The van der Waals surface area contributed by atoms with Crippen LogP contribution in [-0.4, -0.2) is 84.3 Å². The predicted molar refractivity (Wildman–Crippen MR) is 162 cm³/mol. The molecule has 9 nitrogen and oxygen atoms in total. The fourth-order valence-corrected chi connectivity index (χ4v) is 7.33. The third kappa shape index (κ3) is 5.22. The van der Waals surface area contributed by atoms with Crippen LogP contribution >= 0.6 is 0 Å². The van der Waals surface area contributed by atoms with Crippen LogP contribution in [0.2, 0.25) is 0 Å². The minimum atomic E-state index is 0.128. The highest BCUT2D eigenvalue weighted by molar-refractivity contribution is 5.70. The first kappa shape index (κ1) is 26.5. The SMILES string of the molecule is CCN1CC2CC(C1)N2C1CCN(c2ccc(Nc3cc(N4OCC[C@@H]4c4ccccc4)ncn3)c(OC)c2)CC1. The molecule has 2 bridgehead atoms. The van der Waals surface area contributed by atoms with Crippen LogP contribution in [0.25, 0.3) is 0 Å². The lowest BCUT2D eigenvalue weighted by Crippen LogP contribution is -2.71. The maximum Gasteiger partial charge on any atom is 0.158 e. The quantitative estimate of drug-likeness (QED) is 0.420. The van der Waals surface area contributed by atoms with Gasteiger partial charge in [0.05, 0.1) is 25.4 Å². The first-order valence-electron chi connectivity index (χ1n) is 15.2. The Balaban J connectivity index is 1.00. The van der Waals surface area contributed by atoms with Gasteiger partial charge in [0, 0.05) is 68.5 Å². The average Bonchev–Trinajstić information content (AvgIpc) is 3.53. The van der Waals surface area contributed by atoms with E-state index >= 15 is 0 Å². The molecule has 3 aromatic rings. The summed E-state index contributed by atoms with van der Waals surface area (Å²) in [4.78, 5) is 23.0. The Morgan fingerprint density at radius 2 is 1.76 bits per heavy atom. The van der Waals surface area contributed by atoms with Crippen molar-refractivity contribution in [1.82, 2.24) is 19.8 Å². The summed E-state index contributed by atoms with van der Waals surface area (Å²) >= 11 is 0. The van der Waals surface area contributed by atoms with Crippen LogP contribution in [0.1, 0.15) is 44.2 Å². The molecule has 6 heterocycles. The fraction of sp³-hybridized carbons (Fsp3) is 0.500. The van der Waals surface area contributed by atoms with E-state index in [0.29, 0.717) is 12.4 Å². The number of hydrogen-bond acceptors (Lipinski definition) is 9. The molecule has 1 aromatic heterocycles. The van der Waals surface area contributed by atoms with Gasteiger partial charge in [-0.05, 0) is 43.5 Å². The summed E-state index contributed by atoms with van der Waals surface area (Å²) in [7, 11) is 1.73. The number of nitrogens with one attached hydrogen (secondary N) is 1. The summed E-state index contributed by atoms with van der Waals surface area (Å²) in [6, 6.07) is 21.2. The molecule has 0 aliphatic carbocycles. The van der Waals surface area contributed by atoms with E-state index in [0.717, 1.165) is 54.9 Å². The summed E-state index contributed by atoms with van der Waals surface area (Å²) in [6.07, 6.45) is 6.36. The molecule has 3 atom stereocenters. The second kappa shape index (κ2) is 11.5. The standard InChI is InChI=1S/C32H41N7O2/c1-3-36-20-26-17-27(21-36)38(26)24-11-14-37(15-12-24)25-9-10-28(30(18-25)40-2)35-31-19-32(34-22-33-31)39-29(13-16-41-39)23-7-5-4-6-8-23/h4-10,18-19,22,24,26-27,29H,3,11-17,20-21H2,1-2H3,(H,33,34,35)/t26?,27?,29-/m1/s1. The highest BCUT2D eigenvalue weighted by Gasteiger charge is 2.47. The summed E-state index contributed by atoms with van der Waals surface area (Å²) in [5, 5.41) is 5.35. The minimum absolute atomic E-state index is 0.128. The van der Waals surface area contributed by atoms with E-state index < -0.39 is 0 Å². The Hall–Kier alpha value is -3.40. The molecule has 0 spiro atoms. The third-order valence-corrected chi connectivity index (χ3v) is 9.44. The summed E-state index contributed by atoms with van der Waals surface area (Å²) < 4.78 is 5.83. The number of hydrogen-bond donors (Lipinski definition) is 1. The van der Waals surface area contributed by atoms with Crippen LogP contribution in [0.15, 0.2) is 60.9 Å². The maximum atomic E-state index is 5.98. The maximum absolute atomic E-state index is 5.98. The molecular formula is C32H41N7O2. The molecule has 41 heavy (non-hydrogen) atoms. The highest BCUT2D eigenvalue weighted by atomic mass is 16.7. The van der Waals surface area contributed by atoms with E-state index in [1.165, 1.54) is 50.1 Å². The van der Waals surface area contributed by atoms with Crippen LogP contribution in [0.3, 0.4) is 0 Å². The lowest BCUT2D eigenvalue weighted by Gasteiger charge is -2.60. The van der Waals surface area contributed by atoms with Gasteiger partial charge in [-0.15, -0.1) is 0 Å². The monoisotopic (exact) mass is 555 g/mol. The number of piperidine rings is 2. The Bertz CT molecular complexity index is 1320. The number of piperazine rings is 1. The number of benzene rings is 2. The number of ether oxygens (including phenoxy) is 1. The van der Waals surface area contributed by atoms with Crippen molar-refractivity contribution in [3.63, 3.8) is 0 Å². The molecule has 2 aromatic carbocycles. The Morgan fingerprint density at radius 1 is 0.951 bits per heavy atom. The molecule has 9 heteroatoms. The van der Waals surface area contributed by atoms with Crippen LogP contribution in [-0.2, 0) is 4.84 Å². The minimum Gasteiger partial charge on any atom is -0.494 e. The number of methoxy groups -OCH3 is 1. The molecule has 5 saturated heterocycles. The lowest BCUT2D eigenvalue weighted by molar-refractivity contribution is -0.0988. The molecule has 5 aliphatic rings. The molecular weight excluding hydrogens is 514 g/mol. The molecule has 5 aliphatic heterocycles. The Kier molecular flexibility index (Phi) is 7.41. The molecule has 0 radical (unpaired) electrons. The van der Waals surface area contributed by atoms with Gasteiger partial charge in [-0.3, -0.25) is 9.74 Å². The van der Waals surface area contributed by atoms with Crippen molar-refractivity contribution in [2.75, 3.05) is 61.7 Å². The fourth-order valence-electron chi connectivity index (χ4n) is 7.33. The summed E-state index contributed by atoms with van der Waals surface area (Å²) in [5.41, 5.74) is 3.31. The van der Waals surface area contributed by atoms with Gasteiger partial charge in [-0.2, -0.15) is 0 Å². The number of fused-ring (bicyclic) bond motifs is 2. The predicted octanol–water partition coefficient (Wildman–Crippen LogP) is 4.86. The number of hydroxylamine groups is 1. The molecule has 0 amide bonds. The normalized spacial score (nSPS) is 25.3. The van der Waals surface area contributed by atoms with Crippen molar-refractivity contribution in [1.29, 1.82) is 0 Å². The third-order valence-electron chi connectivity index (χ3n) is 9.44. The van der Waals surface area contributed by atoms with Crippen molar-refractivity contribution < 1.29 is 9.57 Å².